The predicted molar refractivity (Wildman–Crippen MR) is 125 cm³/mol. The number of nitrogens with one attached hydrogen (secondary N) is 2. The van der Waals surface area contributed by atoms with Gasteiger partial charge < -0.3 is 21.5 Å². The summed E-state index contributed by atoms with van der Waals surface area (Å²) in [5, 5.41) is 2.36. The van der Waals surface area contributed by atoms with Crippen molar-refractivity contribution in [1.82, 2.24) is 15.3 Å². The number of carbonyl (C=O) groups is 3. The number of ether oxygens (including phenoxy) is 1. The molecule has 6 N–H and O–H groups in total. The molecule has 0 aliphatic heterocycles. The molecule has 1 heterocycles. The van der Waals surface area contributed by atoms with Crippen LogP contribution in [0.5, 0.6) is 0 Å². The second kappa shape index (κ2) is 11.2. The number of anilines is 2. The quantitative estimate of drug-likeness (QED) is 0.371. The number of hydrogen-bond donors (Lipinski definition) is 4. The Bertz CT molecular complexity index is 1170. The van der Waals surface area contributed by atoms with E-state index in [1.54, 1.807) is 20.8 Å². The van der Waals surface area contributed by atoms with Crippen molar-refractivity contribution in [3.05, 3.63) is 51.3 Å². The Morgan fingerprint density at radius 2 is 1.72 bits per heavy atom. The van der Waals surface area contributed by atoms with Crippen molar-refractivity contribution in [2.45, 2.75) is 57.7 Å². The average molecular weight is 512 g/mol. The van der Waals surface area contributed by atoms with Crippen LogP contribution in [0.25, 0.3) is 0 Å². The summed E-state index contributed by atoms with van der Waals surface area (Å²) in [5.74, 6) is -5.15. The smallest absolute Gasteiger partial charge is 0.450 e. The van der Waals surface area contributed by atoms with E-state index in [2.05, 4.69) is 15.3 Å². The summed E-state index contributed by atoms with van der Waals surface area (Å²) < 4.78 is 44.8. The number of aromatic nitrogens is 2. The number of Topliss-reactive ketones (excluding diaryl/α,β-unsaturated/α-hetero) is 1. The number of rotatable bonds is 9. The Labute approximate surface area is 204 Å². The van der Waals surface area contributed by atoms with Crippen molar-refractivity contribution in [3.8, 4) is 0 Å². The van der Waals surface area contributed by atoms with E-state index in [9.17, 15) is 32.3 Å². The van der Waals surface area contributed by atoms with Gasteiger partial charge in [-0.3, -0.25) is 24.2 Å². The number of aromatic amines is 1. The number of carbonyl (C=O) groups excluding carboxylic acids is 3. The normalized spacial score (nSPS) is 12.6. The highest BCUT2D eigenvalue weighted by atomic mass is 19.4. The lowest BCUT2D eigenvalue weighted by molar-refractivity contribution is -0.173. The lowest BCUT2D eigenvalue weighted by Crippen LogP contribution is -2.34. The van der Waals surface area contributed by atoms with Crippen molar-refractivity contribution in [2.75, 3.05) is 18.0 Å². The molecule has 196 valence electrons. The summed E-state index contributed by atoms with van der Waals surface area (Å²) >= 11 is 0. The number of nitrogens with zero attached hydrogens (tertiary/aromatic N) is 1. The van der Waals surface area contributed by atoms with E-state index >= 15 is 0 Å². The van der Waals surface area contributed by atoms with Gasteiger partial charge in [0.05, 0.1) is 11.5 Å². The maximum atomic E-state index is 13.3. The van der Waals surface area contributed by atoms with Crippen molar-refractivity contribution >= 4 is 29.4 Å². The Kier molecular flexibility index (Phi) is 8.84. The minimum atomic E-state index is -5.09. The second-order valence-electron chi connectivity index (χ2n) is 9.01. The van der Waals surface area contributed by atoms with Gasteiger partial charge in [0.15, 0.2) is 0 Å². The van der Waals surface area contributed by atoms with Gasteiger partial charge in [-0.2, -0.15) is 18.2 Å². The molecule has 1 unspecified atom stereocenters. The SMILES string of the molecule is CC(C)(C)OC(=O)CNC(=O)c1ccc(C(CCCc2c(N)nc(N)[nH]c2=O)C(=O)C(F)(F)F)cc1. The molecule has 0 saturated carbocycles. The maximum absolute atomic E-state index is 13.3. The van der Waals surface area contributed by atoms with E-state index in [1.807, 2.05) is 0 Å². The van der Waals surface area contributed by atoms with Crippen LogP contribution in [-0.2, 0) is 20.7 Å². The Morgan fingerprint density at radius 3 is 2.25 bits per heavy atom. The van der Waals surface area contributed by atoms with Crippen LogP contribution in [-0.4, -0.2) is 45.9 Å². The number of esters is 1. The van der Waals surface area contributed by atoms with Gasteiger partial charge in [-0.15, -0.1) is 0 Å². The zero-order valence-electron chi connectivity index (χ0n) is 20.0. The largest absolute Gasteiger partial charge is 0.459 e. The first kappa shape index (κ1) is 28.3. The molecule has 0 aliphatic carbocycles. The van der Waals surface area contributed by atoms with Crippen LogP contribution >= 0.6 is 0 Å². The molecule has 0 aliphatic rings. The van der Waals surface area contributed by atoms with Gasteiger partial charge in [-0.1, -0.05) is 12.1 Å². The third-order valence-electron chi connectivity index (χ3n) is 4.97. The van der Waals surface area contributed by atoms with E-state index < -0.39 is 47.5 Å². The number of nitrogen functional groups attached to an aromatic ring is 2. The minimum absolute atomic E-state index is 0.0174. The topological polar surface area (TPSA) is 170 Å². The van der Waals surface area contributed by atoms with Gasteiger partial charge in [0.25, 0.3) is 11.5 Å². The van der Waals surface area contributed by atoms with E-state index in [-0.39, 0.29) is 47.7 Å². The van der Waals surface area contributed by atoms with Gasteiger partial charge in [0.1, 0.15) is 18.0 Å². The molecule has 2 rings (SSSR count). The van der Waals surface area contributed by atoms with Crippen molar-refractivity contribution in [3.63, 3.8) is 0 Å². The molecule has 0 fully saturated rings. The van der Waals surface area contributed by atoms with Crippen molar-refractivity contribution < 1.29 is 32.3 Å². The Hall–Kier alpha value is -3.90. The Balaban J connectivity index is 2.13. The molecule has 0 bridgehead atoms. The van der Waals surface area contributed by atoms with Crippen LogP contribution in [0.4, 0.5) is 24.9 Å². The van der Waals surface area contributed by atoms with Crippen molar-refractivity contribution in [1.29, 1.82) is 0 Å². The summed E-state index contributed by atoms with van der Waals surface area (Å²) in [7, 11) is 0. The highest BCUT2D eigenvalue weighted by molar-refractivity contribution is 5.96. The molecule has 1 atom stereocenters. The first-order chi connectivity index (χ1) is 16.6. The fraction of sp³-hybridized carbons (Fsp3) is 0.435. The summed E-state index contributed by atoms with van der Waals surface area (Å²) in [6.07, 6.45) is -5.34. The third-order valence-corrected chi connectivity index (χ3v) is 4.97. The van der Waals surface area contributed by atoms with Gasteiger partial charge in [-0.05, 0) is 57.7 Å². The first-order valence-electron chi connectivity index (χ1n) is 10.9. The van der Waals surface area contributed by atoms with Gasteiger partial charge in [0, 0.05) is 5.56 Å². The number of alkyl halides is 3. The first-order valence-corrected chi connectivity index (χ1v) is 10.9. The maximum Gasteiger partial charge on any atom is 0.450 e. The predicted octanol–water partition coefficient (Wildman–Crippen LogP) is 2.24. The summed E-state index contributed by atoms with van der Waals surface area (Å²) in [4.78, 5) is 54.1. The molecule has 10 nitrogen and oxygen atoms in total. The molecule has 2 aromatic rings. The third kappa shape index (κ3) is 8.10. The lowest BCUT2D eigenvalue weighted by Gasteiger charge is -2.19. The van der Waals surface area contributed by atoms with Crippen LogP contribution in [0.1, 0.15) is 61.0 Å². The zero-order valence-corrected chi connectivity index (χ0v) is 20.0. The molecule has 13 heteroatoms. The van der Waals surface area contributed by atoms with E-state index in [4.69, 9.17) is 16.2 Å². The van der Waals surface area contributed by atoms with E-state index in [0.717, 1.165) is 0 Å². The molecular formula is C23H28F3N5O5. The zero-order chi connectivity index (χ0) is 27.3. The van der Waals surface area contributed by atoms with Crippen molar-refractivity contribution in [2.24, 2.45) is 0 Å². The van der Waals surface area contributed by atoms with Crippen LogP contribution in [0, 0.1) is 0 Å². The number of amides is 1. The molecule has 0 spiro atoms. The standard InChI is InChI=1S/C23H28F3N5O5/c1-22(2,3)36-16(32)11-29-19(34)13-9-7-12(8-10-13)14(17(33)23(24,25)26)5-4-6-15-18(27)30-21(28)31-20(15)35/h7-10,14H,4-6,11H2,1-3H3,(H,29,34)(H5,27,28,30,31,35). The number of halogens is 3. The molecule has 0 radical (unpaired) electrons. The molecule has 36 heavy (non-hydrogen) atoms. The van der Waals surface area contributed by atoms with E-state index in [0.29, 0.717) is 0 Å². The van der Waals surface area contributed by atoms with Gasteiger partial charge in [-0.25, -0.2) is 0 Å². The molecular weight excluding hydrogens is 483 g/mol. The number of H-pyrrole nitrogens is 1. The minimum Gasteiger partial charge on any atom is -0.459 e. The second-order valence-corrected chi connectivity index (χ2v) is 9.01. The number of nitrogens with two attached hydrogens (primary N) is 2. The van der Waals surface area contributed by atoms with Crippen LogP contribution in [0.15, 0.2) is 29.1 Å². The van der Waals surface area contributed by atoms with Crippen LogP contribution in [0.2, 0.25) is 0 Å². The van der Waals surface area contributed by atoms with Crippen LogP contribution < -0.4 is 22.3 Å². The summed E-state index contributed by atoms with van der Waals surface area (Å²) in [5.41, 5.74) is 9.90. The molecule has 1 aromatic carbocycles. The van der Waals surface area contributed by atoms with Crippen LogP contribution in [0.3, 0.4) is 0 Å². The number of ketones is 1. The average Bonchev–Trinajstić information content (AvgIpc) is 2.74. The molecule has 0 saturated heterocycles. The number of hydrogen-bond acceptors (Lipinski definition) is 8. The lowest BCUT2D eigenvalue weighted by atomic mass is 9.88. The summed E-state index contributed by atoms with van der Waals surface area (Å²) in [6.45, 7) is 4.62. The molecule has 1 amide bonds. The monoisotopic (exact) mass is 511 g/mol. The highest BCUT2D eigenvalue weighted by Gasteiger charge is 2.43. The fourth-order valence-corrected chi connectivity index (χ4v) is 3.40. The highest BCUT2D eigenvalue weighted by Crippen LogP contribution is 2.32. The summed E-state index contributed by atoms with van der Waals surface area (Å²) in [6, 6.07) is 4.98. The van der Waals surface area contributed by atoms with E-state index in [1.165, 1.54) is 24.3 Å². The Morgan fingerprint density at radius 1 is 1.11 bits per heavy atom. The molecule has 1 aromatic heterocycles. The number of benzene rings is 1. The van der Waals surface area contributed by atoms with Gasteiger partial charge >= 0.3 is 12.1 Å². The van der Waals surface area contributed by atoms with Gasteiger partial charge in [0.2, 0.25) is 11.7 Å². The fourth-order valence-electron chi connectivity index (χ4n) is 3.40.